The molecule has 1 heterocycles. The summed E-state index contributed by atoms with van der Waals surface area (Å²) in [4.78, 5) is 28.3. The van der Waals surface area contributed by atoms with Gasteiger partial charge in [-0.3, -0.25) is 9.59 Å². The zero-order valence-electron chi connectivity index (χ0n) is 15.5. The van der Waals surface area contributed by atoms with Gasteiger partial charge < -0.3 is 20.1 Å². The molecule has 148 valence electrons. The van der Waals surface area contributed by atoms with E-state index in [2.05, 4.69) is 31.5 Å². The van der Waals surface area contributed by atoms with Gasteiger partial charge in [0.25, 0.3) is 5.91 Å². The average Bonchev–Trinajstić information content (AvgIpc) is 2.73. The molecule has 2 amide bonds. The smallest absolute Gasteiger partial charge is 0.251 e. The topological polar surface area (TPSA) is 89.5 Å². The lowest BCUT2D eigenvalue weighted by Gasteiger charge is -2.09. The number of nitrogens with one attached hydrogen (secondary N) is 2. The van der Waals surface area contributed by atoms with Gasteiger partial charge in [-0.25, -0.2) is 4.98 Å². The third-order valence-electron chi connectivity index (χ3n) is 3.80. The molecule has 0 fully saturated rings. The van der Waals surface area contributed by atoms with Gasteiger partial charge in [-0.1, -0.05) is 22.0 Å². The normalized spacial score (nSPS) is 10.1. The molecular formula is C21H18BrN3O4. The van der Waals surface area contributed by atoms with E-state index >= 15 is 0 Å². The van der Waals surface area contributed by atoms with Crippen LogP contribution in [0.4, 0.5) is 5.69 Å². The van der Waals surface area contributed by atoms with Crippen molar-refractivity contribution in [3.8, 4) is 17.4 Å². The lowest BCUT2D eigenvalue weighted by molar-refractivity contribution is -0.115. The minimum absolute atomic E-state index is 0.166. The van der Waals surface area contributed by atoms with Crippen molar-refractivity contribution in [2.45, 2.75) is 0 Å². The third-order valence-corrected chi connectivity index (χ3v) is 4.29. The molecule has 0 atom stereocenters. The Labute approximate surface area is 176 Å². The Kier molecular flexibility index (Phi) is 6.80. The summed E-state index contributed by atoms with van der Waals surface area (Å²) in [6, 6.07) is 17.3. The lowest BCUT2D eigenvalue weighted by atomic mass is 10.2. The molecule has 1 aromatic heterocycles. The summed E-state index contributed by atoms with van der Waals surface area (Å²) in [6.07, 6.45) is 1.48. The molecule has 0 saturated heterocycles. The molecule has 3 aromatic rings. The molecule has 0 spiro atoms. The number of carbonyl (C=O) groups is 2. The number of carbonyl (C=O) groups excluding carboxylic acids is 2. The van der Waals surface area contributed by atoms with Gasteiger partial charge in [-0.05, 0) is 48.5 Å². The van der Waals surface area contributed by atoms with Crippen molar-refractivity contribution in [3.05, 3.63) is 76.9 Å². The van der Waals surface area contributed by atoms with Gasteiger partial charge in [0.2, 0.25) is 11.8 Å². The number of hydrogen-bond donors (Lipinski definition) is 2. The van der Waals surface area contributed by atoms with Crippen LogP contribution in [0.5, 0.6) is 17.4 Å². The van der Waals surface area contributed by atoms with E-state index in [4.69, 9.17) is 9.47 Å². The molecular weight excluding hydrogens is 438 g/mol. The van der Waals surface area contributed by atoms with Crippen molar-refractivity contribution >= 4 is 33.4 Å². The van der Waals surface area contributed by atoms with E-state index in [1.807, 2.05) is 24.3 Å². The van der Waals surface area contributed by atoms with Crippen LogP contribution >= 0.6 is 15.9 Å². The van der Waals surface area contributed by atoms with E-state index in [0.717, 1.165) is 4.47 Å². The highest BCUT2D eigenvalue weighted by Crippen LogP contribution is 2.23. The zero-order valence-corrected chi connectivity index (χ0v) is 17.1. The molecule has 7 nitrogen and oxygen atoms in total. The van der Waals surface area contributed by atoms with E-state index in [1.54, 1.807) is 43.5 Å². The zero-order chi connectivity index (χ0) is 20.6. The van der Waals surface area contributed by atoms with Gasteiger partial charge >= 0.3 is 0 Å². The monoisotopic (exact) mass is 455 g/mol. The van der Waals surface area contributed by atoms with Gasteiger partial charge in [0.05, 0.1) is 25.5 Å². The van der Waals surface area contributed by atoms with Crippen LogP contribution in [-0.2, 0) is 4.79 Å². The minimum Gasteiger partial charge on any atom is -0.497 e. The number of aromatic nitrogens is 1. The first-order valence-corrected chi connectivity index (χ1v) is 9.44. The Morgan fingerprint density at radius 2 is 1.83 bits per heavy atom. The quantitative estimate of drug-likeness (QED) is 0.561. The summed E-state index contributed by atoms with van der Waals surface area (Å²) in [5.41, 5.74) is 0.935. The Morgan fingerprint density at radius 1 is 1.03 bits per heavy atom. The highest BCUT2D eigenvalue weighted by Gasteiger charge is 2.09. The van der Waals surface area contributed by atoms with Crippen LogP contribution in [0, 0.1) is 0 Å². The van der Waals surface area contributed by atoms with Crippen LogP contribution in [0.1, 0.15) is 10.4 Å². The molecule has 0 aliphatic rings. The maximum atomic E-state index is 12.1. The summed E-state index contributed by atoms with van der Waals surface area (Å²) >= 11 is 3.38. The summed E-state index contributed by atoms with van der Waals surface area (Å²) in [7, 11) is 1.55. The van der Waals surface area contributed by atoms with Crippen LogP contribution in [-0.4, -0.2) is 30.5 Å². The van der Waals surface area contributed by atoms with Gasteiger partial charge in [-0.15, -0.1) is 0 Å². The molecule has 29 heavy (non-hydrogen) atoms. The fourth-order valence-corrected chi connectivity index (χ4v) is 2.75. The predicted octanol–water partition coefficient (Wildman–Crippen LogP) is 4.01. The first-order chi connectivity index (χ1) is 14.0. The fourth-order valence-electron chi connectivity index (χ4n) is 2.38. The third kappa shape index (κ3) is 6.05. The molecule has 0 bridgehead atoms. The molecule has 8 heteroatoms. The van der Waals surface area contributed by atoms with Crippen LogP contribution in [0.2, 0.25) is 0 Å². The standard InChI is InChI=1S/C21H18BrN3O4/c1-28-17-8-5-14(6-9-17)21(27)24-13-19(26)25-16-7-10-20(23-12-16)29-18-4-2-3-15(22)11-18/h2-12H,13H2,1H3,(H,24,27)(H,25,26). The Hall–Kier alpha value is -3.39. The number of rotatable bonds is 7. The molecule has 2 N–H and O–H groups in total. The van der Waals surface area contributed by atoms with Crippen LogP contribution < -0.4 is 20.1 Å². The second-order valence-electron chi connectivity index (χ2n) is 5.90. The van der Waals surface area contributed by atoms with Gasteiger partial charge in [0, 0.05) is 16.1 Å². The molecule has 3 rings (SSSR count). The molecule has 2 aromatic carbocycles. The second-order valence-corrected chi connectivity index (χ2v) is 6.82. The van der Waals surface area contributed by atoms with E-state index in [0.29, 0.717) is 28.6 Å². The Bertz CT molecular complexity index is 992. The highest BCUT2D eigenvalue weighted by atomic mass is 79.9. The maximum Gasteiger partial charge on any atom is 0.251 e. The van der Waals surface area contributed by atoms with Crippen LogP contribution in [0.15, 0.2) is 71.3 Å². The van der Waals surface area contributed by atoms with Crippen LogP contribution in [0.25, 0.3) is 0 Å². The predicted molar refractivity (Wildman–Crippen MR) is 112 cm³/mol. The number of halogens is 1. The summed E-state index contributed by atoms with van der Waals surface area (Å²) in [5, 5.41) is 5.23. The summed E-state index contributed by atoms with van der Waals surface area (Å²) < 4.78 is 11.6. The van der Waals surface area contributed by atoms with E-state index in [9.17, 15) is 9.59 Å². The van der Waals surface area contributed by atoms with Crippen molar-refractivity contribution < 1.29 is 19.1 Å². The number of nitrogens with zero attached hydrogens (tertiary/aromatic N) is 1. The van der Waals surface area contributed by atoms with E-state index < -0.39 is 0 Å². The Balaban J connectivity index is 1.49. The largest absolute Gasteiger partial charge is 0.497 e. The van der Waals surface area contributed by atoms with Crippen molar-refractivity contribution in [2.75, 3.05) is 19.0 Å². The van der Waals surface area contributed by atoms with Gasteiger partial charge in [-0.2, -0.15) is 0 Å². The molecule has 0 radical (unpaired) electrons. The summed E-state index contributed by atoms with van der Waals surface area (Å²) in [6.45, 7) is -0.166. The van der Waals surface area contributed by atoms with Crippen molar-refractivity contribution in [1.29, 1.82) is 0 Å². The average molecular weight is 456 g/mol. The fraction of sp³-hybridized carbons (Fsp3) is 0.0952. The first kappa shape index (κ1) is 20.3. The van der Waals surface area contributed by atoms with E-state index in [-0.39, 0.29) is 18.4 Å². The number of pyridine rings is 1. The van der Waals surface area contributed by atoms with Crippen molar-refractivity contribution in [3.63, 3.8) is 0 Å². The highest BCUT2D eigenvalue weighted by molar-refractivity contribution is 9.10. The number of amides is 2. The number of anilines is 1. The van der Waals surface area contributed by atoms with Gasteiger partial charge in [0.1, 0.15) is 11.5 Å². The first-order valence-electron chi connectivity index (χ1n) is 8.65. The molecule has 0 aliphatic heterocycles. The van der Waals surface area contributed by atoms with Gasteiger partial charge in [0.15, 0.2) is 0 Å². The summed E-state index contributed by atoms with van der Waals surface area (Å²) in [5.74, 6) is 0.978. The molecule has 0 aliphatic carbocycles. The van der Waals surface area contributed by atoms with Crippen LogP contribution in [0.3, 0.4) is 0 Å². The minimum atomic E-state index is -0.366. The number of methoxy groups -OCH3 is 1. The number of benzene rings is 2. The van der Waals surface area contributed by atoms with Crippen molar-refractivity contribution in [2.24, 2.45) is 0 Å². The molecule has 0 saturated carbocycles. The van der Waals surface area contributed by atoms with Crippen molar-refractivity contribution in [1.82, 2.24) is 10.3 Å². The second kappa shape index (κ2) is 9.70. The molecule has 0 unspecified atom stereocenters. The lowest BCUT2D eigenvalue weighted by Crippen LogP contribution is -2.32. The SMILES string of the molecule is COc1ccc(C(=O)NCC(=O)Nc2ccc(Oc3cccc(Br)c3)nc2)cc1. The number of ether oxygens (including phenoxy) is 2. The number of hydrogen-bond acceptors (Lipinski definition) is 5. The van der Waals surface area contributed by atoms with E-state index in [1.165, 1.54) is 6.20 Å². The maximum absolute atomic E-state index is 12.1. The Morgan fingerprint density at radius 3 is 2.48 bits per heavy atom.